The van der Waals surface area contributed by atoms with Crippen LogP contribution in [0.4, 0.5) is 4.79 Å². The first-order valence-electron chi connectivity index (χ1n) is 11.7. The van der Waals surface area contributed by atoms with Crippen LogP contribution in [0.5, 0.6) is 0 Å². The van der Waals surface area contributed by atoms with Crippen LogP contribution in [0.3, 0.4) is 0 Å². The van der Waals surface area contributed by atoms with Crippen molar-refractivity contribution in [1.29, 1.82) is 0 Å². The van der Waals surface area contributed by atoms with Crippen molar-refractivity contribution in [1.82, 2.24) is 10.2 Å². The highest BCUT2D eigenvalue weighted by molar-refractivity contribution is 5.86. The topological polar surface area (TPSA) is 114 Å². The Labute approximate surface area is 204 Å². The van der Waals surface area contributed by atoms with Crippen LogP contribution in [-0.4, -0.2) is 79.6 Å². The third-order valence-electron chi connectivity index (χ3n) is 6.58. The summed E-state index contributed by atoms with van der Waals surface area (Å²) in [6.45, 7) is 2.46. The van der Waals surface area contributed by atoms with Crippen LogP contribution in [0, 0.1) is 0 Å². The van der Waals surface area contributed by atoms with Gasteiger partial charge in [0.1, 0.15) is 12.6 Å². The molecule has 186 valence electrons. The van der Waals surface area contributed by atoms with E-state index in [2.05, 4.69) is 17.4 Å². The monoisotopic (exact) mass is 482 g/mol. The highest BCUT2D eigenvalue weighted by Crippen LogP contribution is 2.44. The van der Waals surface area contributed by atoms with Crippen molar-refractivity contribution < 1.29 is 33.7 Å². The molecular formula is C26H30N2O7. The minimum Gasteiger partial charge on any atom is -0.481 e. The minimum atomic E-state index is -0.997. The number of carbonyl (C=O) groups excluding carboxylic acids is 2. The second-order valence-electron chi connectivity index (χ2n) is 8.76. The van der Waals surface area contributed by atoms with Gasteiger partial charge in [0, 0.05) is 26.1 Å². The van der Waals surface area contributed by atoms with Gasteiger partial charge in [0.05, 0.1) is 25.2 Å². The number of ether oxygens (including phenoxy) is 3. The normalized spacial score (nSPS) is 18.8. The van der Waals surface area contributed by atoms with E-state index in [0.717, 1.165) is 22.3 Å². The van der Waals surface area contributed by atoms with Gasteiger partial charge in [-0.2, -0.15) is 0 Å². The van der Waals surface area contributed by atoms with Gasteiger partial charge in [-0.05, 0) is 29.2 Å². The number of hydrogen-bond donors (Lipinski definition) is 2. The Bertz CT molecular complexity index is 1040. The number of morpholine rings is 1. The zero-order valence-electron chi connectivity index (χ0n) is 19.8. The first-order valence-corrected chi connectivity index (χ1v) is 11.7. The Hall–Kier alpha value is -3.43. The number of carbonyl (C=O) groups is 3. The third kappa shape index (κ3) is 5.47. The largest absolute Gasteiger partial charge is 0.481 e. The third-order valence-corrected chi connectivity index (χ3v) is 6.58. The fourth-order valence-corrected chi connectivity index (χ4v) is 4.72. The predicted octanol–water partition coefficient (Wildman–Crippen LogP) is 2.63. The lowest BCUT2D eigenvalue weighted by atomic mass is 9.98. The van der Waals surface area contributed by atoms with Gasteiger partial charge >= 0.3 is 12.1 Å². The first-order chi connectivity index (χ1) is 16.9. The summed E-state index contributed by atoms with van der Waals surface area (Å²) in [6.07, 6.45) is -2.14. The molecule has 0 saturated carbocycles. The molecule has 2 N–H and O–H groups in total. The molecule has 1 heterocycles. The molecule has 2 aliphatic rings. The second kappa shape index (κ2) is 10.9. The van der Waals surface area contributed by atoms with Crippen LogP contribution in [0.15, 0.2) is 48.5 Å². The summed E-state index contributed by atoms with van der Waals surface area (Å²) in [7, 11) is 1.46. The van der Waals surface area contributed by atoms with Crippen molar-refractivity contribution in [2.45, 2.75) is 37.5 Å². The van der Waals surface area contributed by atoms with Gasteiger partial charge in [0.25, 0.3) is 0 Å². The quantitative estimate of drug-likeness (QED) is 0.594. The van der Waals surface area contributed by atoms with Gasteiger partial charge in [-0.1, -0.05) is 48.5 Å². The molecule has 1 saturated heterocycles. The van der Waals surface area contributed by atoms with Crippen LogP contribution in [0.2, 0.25) is 0 Å². The lowest BCUT2D eigenvalue weighted by Gasteiger charge is -2.35. The number of hydrogen-bond acceptors (Lipinski definition) is 6. The van der Waals surface area contributed by atoms with Crippen molar-refractivity contribution in [3.05, 3.63) is 59.7 Å². The molecule has 1 fully saturated rings. The van der Waals surface area contributed by atoms with Gasteiger partial charge in [-0.25, -0.2) is 4.79 Å². The summed E-state index contributed by atoms with van der Waals surface area (Å²) < 4.78 is 16.4. The number of carboxylic acid groups (broad SMARTS) is 1. The zero-order valence-corrected chi connectivity index (χ0v) is 19.8. The number of alkyl carbamates (subject to hydrolysis) is 1. The molecule has 35 heavy (non-hydrogen) atoms. The standard InChI is InChI=1S/C26H30N2O7/c1-16(33-2)24(25(31)28-11-12-34-17(14-28)13-23(29)30)27-26(32)35-15-22-20-9-5-3-7-18(20)19-8-4-6-10-21(19)22/h3-10,16-17,22,24H,11-15H2,1-2H3,(H,27,32)(H,29,30). The number of methoxy groups -OCH3 is 1. The molecule has 3 atom stereocenters. The fourth-order valence-electron chi connectivity index (χ4n) is 4.72. The van der Waals surface area contributed by atoms with E-state index in [1.54, 1.807) is 6.92 Å². The molecule has 0 bridgehead atoms. The molecule has 9 heteroatoms. The molecule has 3 unspecified atom stereocenters. The SMILES string of the molecule is COC(C)C(NC(=O)OCC1c2ccccc2-c2ccccc21)C(=O)N1CCOC(CC(=O)O)C1. The van der Waals surface area contributed by atoms with E-state index < -0.39 is 30.3 Å². The number of rotatable bonds is 8. The molecule has 4 rings (SSSR count). The number of aliphatic carboxylic acids is 1. The predicted molar refractivity (Wildman–Crippen MR) is 127 cm³/mol. The molecule has 2 amide bonds. The van der Waals surface area contributed by atoms with E-state index in [4.69, 9.17) is 19.3 Å². The lowest BCUT2D eigenvalue weighted by molar-refractivity contribution is -0.150. The number of nitrogens with one attached hydrogen (secondary N) is 1. The van der Waals surface area contributed by atoms with Gasteiger partial charge in [0.2, 0.25) is 5.91 Å². The summed E-state index contributed by atoms with van der Waals surface area (Å²) in [5, 5.41) is 11.7. The summed E-state index contributed by atoms with van der Waals surface area (Å²) in [6, 6.07) is 15.1. The maximum absolute atomic E-state index is 13.2. The van der Waals surface area contributed by atoms with E-state index in [9.17, 15) is 14.4 Å². The van der Waals surface area contributed by atoms with Gasteiger partial charge in [-0.3, -0.25) is 9.59 Å². The van der Waals surface area contributed by atoms with E-state index in [0.29, 0.717) is 6.54 Å². The molecule has 2 aromatic rings. The highest BCUT2D eigenvalue weighted by atomic mass is 16.5. The molecule has 2 aromatic carbocycles. The summed E-state index contributed by atoms with van der Waals surface area (Å²) in [5.41, 5.74) is 4.44. The molecule has 9 nitrogen and oxygen atoms in total. The fraction of sp³-hybridized carbons (Fsp3) is 0.423. The Kier molecular flexibility index (Phi) is 7.67. The average molecular weight is 483 g/mol. The highest BCUT2D eigenvalue weighted by Gasteiger charge is 2.35. The van der Waals surface area contributed by atoms with Crippen molar-refractivity contribution in [3.63, 3.8) is 0 Å². The number of benzene rings is 2. The van der Waals surface area contributed by atoms with Crippen LogP contribution < -0.4 is 5.32 Å². The number of carboxylic acids is 1. The van der Waals surface area contributed by atoms with E-state index in [-0.39, 0.29) is 38.0 Å². The van der Waals surface area contributed by atoms with Crippen molar-refractivity contribution in [3.8, 4) is 11.1 Å². The Morgan fingerprint density at radius 1 is 1.11 bits per heavy atom. The van der Waals surface area contributed by atoms with Gasteiger partial charge in [-0.15, -0.1) is 0 Å². The summed E-state index contributed by atoms with van der Waals surface area (Å²) >= 11 is 0. The molecular weight excluding hydrogens is 452 g/mol. The zero-order chi connectivity index (χ0) is 24.9. The average Bonchev–Trinajstić information content (AvgIpc) is 3.18. The lowest BCUT2D eigenvalue weighted by Crippen LogP contribution is -2.57. The van der Waals surface area contributed by atoms with E-state index >= 15 is 0 Å². The van der Waals surface area contributed by atoms with Gasteiger partial charge in [0.15, 0.2) is 0 Å². The maximum atomic E-state index is 13.2. The first kappa shape index (κ1) is 24.7. The summed E-state index contributed by atoms with van der Waals surface area (Å²) in [5.74, 6) is -1.47. The number of nitrogens with zero attached hydrogens (tertiary/aromatic N) is 1. The smallest absolute Gasteiger partial charge is 0.407 e. The number of fused-ring (bicyclic) bond motifs is 3. The molecule has 1 aliphatic heterocycles. The van der Waals surface area contributed by atoms with Crippen LogP contribution in [-0.2, 0) is 23.8 Å². The second-order valence-corrected chi connectivity index (χ2v) is 8.76. The van der Waals surface area contributed by atoms with Crippen molar-refractivity contribution >= 4 is 18.0 Å². The molecule has 0 radical (unpaired) electrons. The molecule has 0 aromatic heterocycles. The Morgan fingerprint density at radius 3 is 2.34 bits per heavy atom. The van der Waals surface area contributed by atoms with Gasteiger partial charge < -0.3 is 29.5 Å². The Balaban J connectivity index is 1.41. The minimum absolute atomic E-state index is 0.0989. The maximum Gasteiger partial charge on any atom is 0.407 e. The van der Waals surface area contributed by atoms with E-state index in [1.165, 1.54) is 12.0 Å². The van der Waals surface area contributed by atoms with Crippen LogP contribution >= 0.6 is 0 Å². The molecule has 1 aliphatic carbocycles. The Morgan fingerprint density at radius 2 is 1.74 bits per heavy atom. The van der Waals surface area contributed by atoms with Crippen molar-refractivity contribution in [2.75, 3.05) is 33.4 Å². The number of amides is 2. The van der Waals surface area contributed by atoms with Crippen LogP contribution in [0.25, 0.3) is 11.1 Å². The van der Waals surface area contributed by atoms with Crippen molar-refractivity contribution in [2.24, 2.45) is 0 Å². The van der Waals surface area contributed by atoms with Crippen LogP contribution in [0.1, 0.15) is 30.4 Å². The molecule has 0 spiro atoms. The van der Waals surface area contributed by atoms with E-state index in [1.807, 2.05) is 36.4 Å². The summed E-state index contributed by atoms with van der Waals surface area (Å²) in [4.78, 5) is 38.6.